The normalized spacial score (nSPS) is 26.3. The van der Waals surface area contributed by atoms with E-state index in [9.17, 15) is 0 Å². The van der Waals surface area contributed by atoms with Crippen LogP contribution in [-0.2, 0) is 0 Å². The van der Waals surface area contributed by atoms with Crippen LogP contribution in [0.25, 0.3) is 0 Å². The van der Waals surface area contributed by atoms with Crippen molar-refractivity contribution in [1.29, 1.82) is 0 Å². The summed E-state index contributed by atoms with van der Waals surface area (Å²) in [6.07, 6.45) is 4.13. The number of rotatable bonds is 4. The Morgan fingerprint density at radius 1 is 1.31 bits per heavy atom. The quantitative estimate of drug-likeness (QED) is 0.696. The van der Waals surface area contributed by atoms with Crippen molar-refractivity contribution in [3.8, 4) is 0 Å². The second-order valence-electron chi connectivity index (χ2n) is 4.60. The van der Waals surface area contributed by atoms with Gasteiger partial charge in [-0.1, -0.05) is 27.2 Å². The van der Waals surface area contributed by atoms with Gasteiger partial charge in [0.15, 0.2) is 0 Å². The molecule has 0 aromatic heterocycles. The van der Waals surface area contributed by atoms with Crippen molar-refractivity contribution in [3.05, 3.63) is 0 Å². The lowest BCUT2D eigenvalue weighted by Gasteiger charge is -2.29. The molecule has 1 heterocycles. The number of piperidine rings is 1. The van der Waals surface area contributed by atoms with Crippen molar-refractivity contribution in [1.82, 2.24) is 10.6 Å². The summed E-state index contributed by atoms with van der Waals surface area (Å²) in [5.41, 5.74) is 0. The smallest absolute Gasteiger partial charge is 0.0105 e. The predicted molar refractivity (Wildman–Crippen MR) is 57.9 cm³/mol. The van der Waals surface area contributed by atoms with Gasteiger partial charge in [-0.3, -0.25) is 0 Å². The average molecular weight is 184 g/mol. The molecule has 1 saturated heterocycles. The molecule has 0 aliphatic carbocycles. The Morgan fingerprint density at radius 3 is 2.62 bits per heavy atom. The van der Waals surface area contributed by atoms with Gasteiger partial charge in [0.2, 0.25) is 0 Å². The average Bonchev–Trinajstić information content (AvgIpc) is 2.15. The topological polar surface area (TPSA) is 24.1 Å². The largest absolute Gasteiger partial charge is 0.314 e. The summed E-state index contributed by atoms with van der Waals surface area (Å²) >= 11 is 0. The molecule has 0 unspecified atom stereocenters. The molecule has 2 heteroatoms. The minimum atomic E-state index is 0.617. The van der Waals surface area contributed by atoms with E-state index >= 15 is 0 Å². The second-order valence-corrected chi connectivity index (χ2v) is 4.60. The molecule has 0 amide bonds. The van der Waals surface area contributed by atoms with Crippen LogP contribution in [0.4, 0.5) is 0 Å². The molecule has 2 N–H and O–H groups in total. The zero-order valence-electron chi connectivity index (χ0n) is 9.27. The van der Waals surface area contributed by atoms with Crippen LogP contribution in [0.1, 0.15) is 40.0 Å². The number of hydrogen-bond donors (Lipinski definition) is 2. The third-order valence-electron chi connectivity index (χ3n) is 2.88. The summed E-state index contributed by atoms with van der Waals surface area (Å²) < 4.78 is 0. The molecule has 0 spiro atoms. The Balaban J connectivity index is 2.17. The molecule has 1 fully saturated rings. The van der Waals surface area contributed by atoms with Gasteiger partial charge < -0.3 is 10.6 Å². The highest BCUT2D eigenvalue weighted by Crippen LogP contribution is 2.14. The van der Waals surface area contributed by atoms with Gasteiger partial charge >= 0.3 is 0 Å². The van der Waals surface area contributed by atoms with Crippen LogP contribution in [0.5, 0.6) is 0 Å². The Bertz CT molecular complexity index is 128. The van der Waals surface area contributed by atoms with E-state index in [0.29, 0.717) is 6.04 Å². The van der Waals surface area contributed by atoms with Gasteiger partial charge in [0.1, 0.15) is 0 Å². The summed E-state index contributed by atoms with van der Waals surface area (Å²) in [7, 11) is 0. The first-order valence-electron chi connectivity index (χ1n) is 5.67. The highest BCUT2D eigenvalue weighted by molar-refractivity contribution is 4.78. The molecule has 13 heavy (non-hydrogen) atoms. The zero-order valence-corrected chi connectivity index (χ0v) is 9.27. The summed E-state index contributed by atoms with van der Waals surface area (Å²) in [5, 5.41) is 7.11. The molecule has 0 aromatic rings. The standard InChI is InChI=1S/C11H24N2/c1-9(2)13-8-10(3)11-6-4-5-7-12-11/h9-13H,4-8H2,1-3H3/t10-,11+/m1/s1. The summed E-state index contributed by atoms with van der Waals surface area (Å²) in [6.45, 7) is 9.13. The van der Waals surface area contributed by atoms with Gasteiger partial charge in [0, 0.05) is 12.1 Å². The SMILES string of the molecule is CC(C)NC[C@@H](C)[C@@H]1CCCCN1. The first kappa shape index (κ1) is 11.0. The third-order valence-corrected chi connectivity index (χ3v) is 2.88. The van der Waals surface area contributed by atoms with E-state index in [1.54, 1.807) is 0 Å². The fraction of sp³-hybridized carbons (Fsp3) is 1.00. The lowest BCUT2D eigenvalue weighted by atomic mass is 9.93. The molecule has 78 valence electrons. The lowest BCUT2D eigenvalue weighted by molar-refractivity contribution is 0.297. The fourth-order valence-electron chi connectivity index (χ4n) is 1.93. The zero-order chi connectivity index (χ0) is 9.68. The van der Waals surface area contributed by atoms with E-state index in [1.165, 1.54) is 25.8 Å². The van der Waals surface area contributed by atoms with Crippen LogP contribution in [0.2, 0.25) is 0 Å². The van der Waals surface area contributed by atoms with E-state index in [-0.39, 0.29) is 0 Å². The molecule has 1 aliphatic heterocycles. The first-order chi connectivity index (χ1) is 6.20. The van der Waals surface area contributed by atoms with Crippen LogP contribution < -0.4 is 10.6 Å². The maximum absolute atomic E-state index is 3.60. The van der Waals surface area contributed by atoms with Gasteiger partial charge in [-0.2, -0.15) is 0 Å². The minimum Gasteiger partial charge on any atom is -0.314 e. The van der Waals surface area contributed by atoms with Crippen molar-refractivity contribution in [3.63, 3.8) is 0 Å². The fourth-order valence-corrected chi connectivity index (χ4v) is 1.93. The van der Waals surface area contributed by atoms with Crippen molar-refractivity contribution < 1.29 is 0 Å². The lowest BCUT2D eigenvalue weighted by Crippen LogP contribution is -2.43. The van der Waals surface area contributed by atoms with Crippen LogP contribution in [0, 0.1) is 5.92 Å². The summed E-state index contributed by atoms with van der Waals surface area (Å²) in [4.78, 5) is 0. The third kappa shape index (κ3) is 4.10. The first-order valence-corrected chi connectivity index (χ1v) is 5.67. The van der Waals surface area contributed by atoms with Crippen molar-refractivity contribution >= 4 is 0 Å². The monoisotopic (exact) mass is 184 g/mol. The van der Waals surface area contributed by atoms with Crippen LogP contribution in [0.15, 0.2) is 0 Å². The maximum atomic E-state index is 3.60. The molecule has 1 aliphatic rings. The molecule has 0 bridgehead atoms. The van der Waals surface area contributed by atoms with Gasteiger partial charge in [0.25, 0.3) is 0 Å². The Morgan fingerprint density at radius 2 is 2.08 bits per heavy atom. The van der Waals surface area contributed by atoms with E-state index in [4.69, 9.17) is 0 Å². The van der Waals surface area contributed by atoms with Crippen molar-refractivity contribution in [2.75, 3.05) is 13.1 Å². The van der Waals surface area contributed by atoms with E-state index in [0.717, 1.165) is 18.5 Å². The maximum Gasteiger partial charge on any atom is 0.0105 e. The van der Waals surface area contributed by atoms with Crippen LogP contribution in [-0.4, -0.2) is 25.2 Å². The number of hydrogen-bond acceptors (Lipinski definition) is 2. The highest BCUT2D eigenvalue weighted by atomic mass is 15.0. The number of nitrogens with one attached hydrogen (secondary N) is 2. The van der Waals surface area contributed by atoms with Crippen molar-refractivity contribution in [2.45, 2.75) is 52.1 Å². The van der Waals surface area contributed by atoms with Gasteiger partial charge in [-0.25, -0.2) is 0 Å². The second kappa shape index (κ2) is 5.61. The predicted octanol–water partition coefficient (Wildman–Crippen LogP) is 1.76. The van der Waals surface area contributed by atoms with Crippen LogP contribution >= 0.6 is 0 Å². The molecular weight excluding hydrogens is 160 g/mol. The van der Waals surface area contributed by atoms with Gasteiger partial charge in [0.05, 0.1) is 0 Å². The van der Waals surface area contributed by atoms with Gasteiger partial charge in [-0.15, -0.1) is 0 Å². The molecule has 0 saturated carbocycles. The Kier molecular flexibility index (Phi) is 4.74. The Labute approximate surface area is 82.5 Å². The van der Waals surface area contributed by atoms with E-state index in [2.05, 4.69) is 31.4 Å². The highest BCUT2D eigenvalue weighted by Gasteiger charge is 2.18. The summed E-state index contributed by atoms with van der Waals surface area (Å²) in [5.74, 6) is 0.766. The van der Waals surface area contributed by atoms with Crippen molar-refractivity contribution in [2.24, 2.45) is 5.92 Å². The molecule has 1 rings (SSSR count). The van der Waals surface area contributed by atoms with E-state index < -0.39 is 0 Å². The van der Waals surface area contributed by atoms with E-state index in [1.807, 2.05) is 0 Å². The summed E-state index contributed by atoms with van der Waals surface area (Å²) in [6, 6.07) is 1.37. The minimum absolute atomic E-state index is 0.617. The van der Waals surface area contributed by atoms with Gasteiger partial charge in [-0.05, 0) is 31.8 Å². The molecule has 2 atom stereocenters. The molecule has 0 aromatic carbocycles. The van der Waals surface area contributed by atoms with Crippen LogP contribution in [0.3, 0.4) is 0 Å². The molecule has 0 radical (unpaired) electrons. The molecule has 2 nitrogen and oxygen atoms in total. The molecular formula is C11H24N2. The Hall–Kier alpha value is -0.0800.